The zero-order valence-corrected chi connectivity index (χ0v) is 7.52. The van der Waals surface area contributed by atoms with Gasteiger partial charge in [-0.1, -0.05) is 17.7 Å². The summed E-state index contributed by atoms with van der Waals surface area (Å²) in [5.74, 6) is 0. The Kier molecular flexibility index (Phi) is 2.52. The van der Waals surface area contributed by atoms with Gasteiger partial charge in [0.1, 0.15) is 0 Å². The van der Waals surface area contributed by atoms with Crippen molar-refractivity contribution in [3.63, 3.8) is 0 Å². The van der Waals surface area contributed by atoms with Crippen LogP contribution < -0.4 is 0 Å². The molecular formula is C7H7ClO2S. The maximum absolute atomic E-state index is 10.5. The van der Waals surface area contributed by atoms with Gasteiger partial charge in [-0.3, -0.25) is 0 Å². The fraction of sp³-hybridized carbons (Fsp3) is 0.143. The smallest absolute Gasteiger partial charge is 0.169 e. The van der Waals surface area contributed by atoms with E-state index >= 15 is 0 Å². The highest BCUT2D eigenvalue weighted by molar-refractivity contribution is 7.72. The molecule has 0 aliphatic heterocycles. The Hall–Kier alpha value is -0.540. The van der Waals surface area contributed by atoms with E-state index in [9.17, 15) is 8.42 Å². The molecule has 0 atom stereocenters. The first-order valence-electron chi connectivity index (χ1n) is 3.02. The minimum absolute atomic E-state index is 0.187. The zero-order valence-electron chi connectivity index (χ0n) is 5.87. The van der Waals surface area contributed by atoms with E-state index in [1.54, 1.807) is 12.1 Å². The Morgan fingerprint density at radius 2 is 2.00 bits per heavy atom. The Morgan fingerprint density at radius 1 is 1.36 bits per heavy atom. The van der Waals surface area contributed by atoms with Gasteiger partial charge in [-0.15, -0.1) is 0 Å². The Bertz CT molecular complexity index is 336. The van der Waals surface area contributed by atoms with Gasteiger partial charge in [-0.2, -0.15) is 0 Å². The molecule has 4 heteroatoms. The largest absolute Gasteiger partial charge is 0.227 e. The standard InChI is InChI=1S/C7H7ClO2S/c1-5-2-3-7(11(9)10)6(8)4-5/h2-4,11H,1H3. The number of thiol groups is 1. The van der Waals surface area contributed by atoms with E-state index in [2.05, 4.69) is 0 Å². The second-order valence-corrected chi connectivity index (χ2v) is 3.62. The van der Waals surface area contributed by atoms with Crippen molar-refractivity contribution in [2.75, 3.05) is 0 Å². The van der Waals surface area contributed by atoms with E-state index in [0.717, 1.165) is 5.56 Å². The van der Waals surface area contributed by atoms with Crippen molar-refractivity contribution in [1.29, 1.82) is 0 Å². The van der Waals surface area contributed by atoms with E-state index in [4.69, 9.17) is 11.6 Å². The molecule has 0 saturated heterocycles. The van der Waals surface area contributed by atoms with Crippen molar-refractivity contribution in [3.8, 4) is 0 Å². The van der Waals surface area contributed by atoms with Crippen molar-refractivity contribution in [2.45, 2.75) is 11.8 Å². The molecule has 0 N–H and O–H groups in total. The van der Waals surface area contributed by atoms with Crippen molar-refractivity contribution < 1.29 is 8.42 Å². The van der Waals surface area contributed by atoms with Crippen LogP contribution in [0.3, 0.4) is 0 Å². The summed E-state index contributed by atoms with van der Waals surface area (Å²) in [6.45, 7) is 1.85. The first kappa shape index (κ1) is 8.56. The molecule has 1 aromatic carbocycles. The van der Waals surface area contributed by atoms with E-state index in [1.165, 1.54) is 6.07 Å². The fourth-order valence-corrected chi connectivity index (χ4v) is 1.64. The molecular weight excluding hydrogens is 184 g/mol. The summed E-state index contributed by atoms with van der Waals surface area (Å²) in [5, 5.41) is 0.293. The SMILES string of the molecule is Cc1ccc([SH](=O)=O)c(Cl)c1. The molecule has 1 aromatic rings. The number of aryl methyl sites for hydroxylation is 1. The lowest BCUT2D eigenvalue weighted by Crippen LogP contribution is -1.82. The van der Waals surface area contributed by atoms with Gasteiger partial charge in [-0.05, 0) is 24.6 Å². The van der Waals surface area contributed by atoms with Crippen molar-refractivity contribution >= 4 is 22.3 Å². The molecule has 1 rings (SSSR count). The van der Waals surface area contributed by atoms with E-state index in [-0.39, 0.29) is 4.90 Å². The van der Waals surface area contributed by atoms with E-state index < -0.39 is 10.7 Å². The third-order valence-corrected chi connectivity index (χ3v) is 2.53. The summed E-state index contributed by atoms with van der Waals surface area (Å²) in [5.41, 5.74) is 0.954. The molecule has 0 fully saturated rings. The van der Waals surface area contributed by atoms with E-state index in [0.29, 0.717) is 5.02 Å². The van der Waals surface area contributed by atoms with Crippen molar-refractivity contribution in [3.05, 3.63) is 28.8 Å². The van der Waals surface area contributed by atoms with Crippen LogP contribution in [0.5, 0.6) is 0 Å². The highest BCUT2D eigenvalue weighted by Crippen LogP contribution is 2.18. The first-order valence-corrected chi connectivity index (χ1v) is 4.57. The van der Waals surface area contributed by atoms with Crippen LogP contribution >= 0.6 is 11.6 Å². The zero-order chi connectivity index (χ0) is 8.43. The maximum Gasteiger partial charge on any atom is 0.169 e. The molecule has 0 heterocycles. The highest BCUT2D eigenvalue weighted by atomic mass is 35.5. The van der Waals surface area contributed by atoms with Gasteiger partial charge in [0.2, 0.25) is 0 Å². The van der Waals surface area contributed by atoms with Crippen LogP contribution in [0.15, 0.2) is 23.1 Å². The molecule has 0 amide bonds. The highest BCUT2D eigenvalue weighted by Gasteiger charge is 2.00. The van der Waals surface area contributed by atoms with Crippen LogP contribution in [0.25, 0.3) is 0 Å². The topological polar surface area (TPSA) is 34.1 Å². The average molecular weight is 191 g/mol. The minimum atomic E-state index is -2.56. The van der Waals surface area contributed by atoms with Gasteiger partial charge in [-0.25, -0.2) is 8.42 Å². The summed E-state index contributed by atoms with van der Waals surface area (Å²) < 4.78 is 21.0. The Labute approximate surface area is 71.8 Å². The first-order chi connectivity index (χ1) is 5.11. The van der Waals surface area contributed by atoms with E-state index in [1.807, 2.05) is 6.92 Å². The summed E-state index contributed by atoms with van der Waals surface area (Å²) >= 11 is 5.64. The number of benzene rings is 1. The molecule has 0 aliphatic carbocycles. The molecule has 0 saturated carbocycles. The lowest BCUT2D eigenvalue weighted by atomic mass is 10.2. The number of hydrogen-bond donors (Lipinski definition) is 1. The number of halogens is 1. The van der Waals surface area contributed by atoms with Gasteiger partial charge >= 0.3 is 0 Å². The fourth-order valence-electron chi connectivity index (χ4n) is 0.760. The molecule has 0 aromatic heterocycles. The summed E-state index contributed by atoms with van der Waals surface area (Å²) in [6, 6.07) is 4.84. The van der Waals surface area contributed by atoms with Crippen molar-refractivity contribution in [1.82, 2.24) is 0 Å². The molecule has 0 bridgehead atoms. The van der Waals surface area contributed by atoms with Crippen molar-refractivity contribution in [2.24, 2.45) is 0 Å². The number of rotatable bonds is 1. The van der Waals surface area contributed by atoms with Gasteiger partial charge in [0, 0.05) is 0 Å². The lowest BCUT2D eigenvalue weighted by Gasteiger charge is -1.95. The van der Waals surface area contributed by atoms with Crippen LogP contribution in [0, 0.1) is 6.92 Å². The predicted molar refractivity (Wildman–Crippen MR) is 44.8 cm³/mol. The molecule has 0 radical (unpaired) electrons. The van der Waals surface area contributed by atoms with Gasteiger partial charge in [0.15, 0.2) is 10.7 Å². The van der Waals surface area contributed by atoms with Crippen LogP contribution in [0.4, 0.5) is 0 Å². The lowest BCUT2D eigenvalue weighted by molar-refractivity contribution is 0.614. The second-order valence-electron chi connectivity index (χ2n) is 2.21. The van der Waals surface area contributed by atoms with Crippen LogP contribution in [0.1, 0.15) is 5.56 Å². The Morgan fingerprint density at radius 3 is 2.45 bits per heavy atom. The normalized spacial score (nSPS) is 10.5. The monoisotopic (exact) mass is 190 g/mol. The Balaban J connectivity index is 3.31. The predicted octanol–water partition coefficient (Wildman–Crippen LogP) is 1.62. The molecule has 0 spiro atoms. The molecule has 60 valence electrons. The van der Waals surface area contributed by atoms with Crippen LogP contribution in [0.2, 0.25) is 5.02 Å². The van der Waals surface area contributed by atoms with Crippen LogP contribution in [-0.4, -0.2) is 8.42 Å². The average Bonchev–Trinajstić information content (AvgIpc) is 1.85. The quantitative estimate of drug-likeness (QED) is 0.683. The minimum Gasteiger partial charge on any atom is -0.227 e. The molecule has 0 aliphatic rings. The van der Waals surface area contributed by atoms with Gasteiger partial charge in [0.05, 0.1) is 9.92 Å². The maximum atomic E-state index is 10.5. The summed E-state index contributed by atoms with van der Waals surface area (Å²) in [7, 11) is -2.56. The summed E-state index contributed by atoms with van der Waals surface area (Å²) in [4.78, 5) is 0.187. The van der Waals surface area contributed by atoms with Gasteiger partial charge < -0.3 is 0 Å². The molecule has 2 nitrogen and oxygen atoms in total. The molecule has 0 unspecified atom stereocenters. The van der Waals surface area contributed by atoms with Gasteiger partial charge in [0.25, 0.3) is 0 Å². The third kappa shape index (κ3) is 1.94. The summed E-state index contributed by atoms with van der Waals surface area (Å²) in [6.07, 6.45) is 0. The third-order valence-electron chi connectivity index (χ3n) is 1.30. The molecule has 11 heavy (non-hydrogen) atoms. The second kappa shape index (κ2) is 3.24. The van der Waals surface area contributed by atoms with Crippen LogP contribution in [-0.2, 0) is 10.7 Å². The number of hydrogen-bond acceptors (Lipinski definition) is 2.